The van der Waals surface area contributed by atoms with Crippen molar-refractivity contribution in [3.63, 3.8) is 0 Å². The third kappa shape index (κ3) is 4.72. The normalized spacial score (nSPS) is 22.1. The van der Waals surface area contributed by atoms with E-state index in [1.54, 1.807) is 0 Å². The Labute approximate surface area is 224 Å². The van der Waals surface area contributed by atoms with Crippen LogP contribution in [0, 0.1) is 13.8 Å². The van der Waals surface area contributed by atoms with E-state index in [1.165, 1.54) is 136 Å². The first-order chi connectivity index (χ1) is 18.0. The summed E-state index contributed by atoms with van der Waals surface area (Å²) < 4.78 is 0. The van der Waals surface area contributed by atoms with Gasteiger partial charge in [-0.2, -0.15) is 0 Å². The smallest absolute Gasteiger partial charge is 0.122 e. The highest BCUT2D eigenvalue weighted by molar-refractivity contribution is 5.59. The van der Waals surface area contributed by atoms with Crippen LogP contribution in [0.3, 0.4) is 0 Å². The summed E-state index contributed by atoms with van der Waals surface area (Å²) in [5.74, 6) is 3.33. The first kappa shape index (κ1) is 25.3. The Morgan fingerprint density at radius 1 is 0.486 bits per heavy atom. The Hall–Kier alpha value is -1.96. The van der Waals surface area contributed by atoms with Crippen LogP contribution in [-0.2, 0) is 6.42 Å². The largest absolute Gasteiger partial charge is 0.507 e. The van der Waals surface area contributed by atoms with Gasteiger partial charge in [0.1, 0.15) is 11.5 Å². The maximum absolute atomic E-state index is 11.8. The highest BCUT2D eigenvalue weighted by Gasteiger charge is 2.31. The zero-order valence-electron chi connectivity index (χ0n) is 23.4. The lowest BCUT2D eigenvalue weighted by atomic mass is 9.80. The van der Waals surface area contributed by atoms with E-state index in [4.69, 9.17) is 0 Å². The molecule has 2 aromatic carbocycles. The minimum Gasteiger partial charge on any atom is -0.507 e. The third-order valence-electron chi connectivity index (χ3n) is 11.0. The van der Waals surface area contributed by atoms with Crippen LogP contribution in [0.15, 0.2) is 12.1 Å². The third-order valence-corrected chi connectivity index (χ3v) is 11.0. The highest BCUT2D eigenvalue weighted by Crippen LogP contribution is 2.49. The van der Waals surface area contributed by atoms with Gasteiger partial charge in [0.2, 0.25) is 0 Å². The molecule has 0 radical (unpaired) electrons. The number of phenolic OH excluding ortho intramolecular Hbond substituents is 2. The minimum atomic E-state index is 0.494. The van der Waals surface area contributed by atoms with Gasteiger partial charge in [-0.3, -0.25) is 0 Å². The summed E-state index contributed by atoms with van der Waals surface area (Å²) >= 11 is 0. The molecule has 200 valence electrons. The highest BCUT2D eigenvalue weighted by atomic mass is 16.3. The van der Waals surface area contributed by atoms with Gasteiger partial charge in [0.25, 0.3) is 0 Å². The molecule has 0 unspecified atom stereocenters. The van der Waals surface area contributed by atoms with Crippen molar-refractivity contribution in [2.45, 2.75) is 147 Å². The van der Waals surface area contributed by atoms with Crippen molar-refractivity contribution in [1.29, 1.82) is 0 Å². The lowest BCUT2D eigenvalue weighted by Crippen LogP contribution is -2.09. The molecule has 0 aromatic heterocycles. The molecule has 0 atom stereocenters. The summed E-state index contributed by atoms with van der Waals surface area (Å²) in [6, 6.07) is 4.82. The molecule has 4 saturated carbocycles. The van der Waals surface area contributed by atoms with Gasteiger partial charge in [-0.05, 0) is 122 Å². The zero-order chi connectivity index (χ0) is 25.5. The van der Waals surface area contributed by atoms with Gasteiger partial charge in [-0.15, -0.1) is 0 Å². The summed E-state index contributed by atoms with van der Waals surface area (Å²) in [5.41, 5.74) is 10.2. The Morgan fingerprint density at radius 2 is 0.757 bits per heavy atom. The minimum absolute atomic E-state index is 0.494. The van der Waals surface area contributed by atoms with E-state index in [0.717, 1.165) is 11.1 Å². The van der Waals surface area contributed by atoms with E-state index in [0.29, 0.717) is 41.6 Å². The number of phenols is 2. The number of hydrogen-bond donors (Lipinski definition) is 2. The second kappa shape index (κ2) is 10.7. The fourth-order valence-corrected chi connectivity index (χ4v) is 8.77. The molecule has 0 amide bonds. The van der Waals surface area contributed by atoms with Gasteiger partial charge in [0.15, 0.2) is 0 Å². The van der Waals surface area contributed by atoms with Crippen molar-refractivity contribution in [2.75, 3.05) is 0 Å². The number of rotatable bonds is 6. The Balaban J connectivity index is 1.48. The number of benzene rings is 2. The zero-order valence-corrected chi connectivity index (χ0v) is 23.4. The van der Waals surface area contributed by atoms with Crippen LogP contribution in [0.1, 0.15) is 171 Å². The van der Waals surface area contributed by atoms with E-state index in [2.05, 4.69) is 26.0 Å². The van der Waals surface area contributed by atoms with Gasteiger partial charge in [0.05, 0.1) is 0 Å². The van der Waals surface area contributed by atoms with Crippen molar-refractivity contribution >= 4 is 0 Å². The maximum atomic E-state index is 11.8. The second-order valence-corrected chi connectivity index (χ2v) is 13.1. The standard InChI is InChI=1S/C35H48O2/c1-22-28(24-11-3-4-12-24)19-32(26-15-7-8-16-26)34(36)30(22)21-31-23(2)29(25-13-5-6-14-25)20-33(35(31)37)27-17-9-10-18-27/h19-20,24-27,36-37H,3-18,21H2,1-2H3. The van der Waals surface area contributed by atoms with Crippen LogP contribution in [0.2, 0.25) is 0 Å². The summed E-state index contributed by atoms with van der Waals surface area (Å²) in [4.78, 5) is 0. The lowest BCUT2D eigenvalue weighted by Gasteiger charge is -2.26. The summed E-state index contributed by atoms with van der Waals surface area (Å²) in [6.45, 7) is 4.51. The van der Waals surface area contributed by atoms with E-state index >= 15 is 0 Å². The first-order valence-electron chi connectivity index (χ1n) is 15.7. The van der Waals surface area contributed by atoms with Crippen LogP contribution in [0.4, 0.5) is 0 Å². The van der Waals surface area contributed by atoms with Crippen molar-refractivity contribution in [2.24, 2.45) is 0 Å². The predicted octanol–water partition coefficient (Wildman–Crippen LogP) is 9.94. The van der Waals surface area contributed by atoms with Crippen LogP contribution < -0.4 is 0 Å². The second-order valence-electron chi connectivity index (χ2n) is 13.1. The average molecular weight is 501 g/mol. The summed E-state index contributed by atoms with van der Waals surface area (Å²) in [6.07, 6.45) is 21.0. The molecule has 0 saturated heterocycles. The SMILES string of the molecule is Cc1c(C2CCCC2)cc(C2CCCC2)c(O)c1Cc1c(C)c(C2CCCC2)cc(C2CCCC2)c1O. The van der Waals surface area contributed by atoms with Crippen LogP contribution in [0.5, 0.6) is 11.5 Å². The van der Waals surface area contributed by atoms with Gasteiger partial charge in [-0.1, -0.05) is 63.5 Å². The molecule has 37 heavy (non-hydrogen) atoms. The van der Waals surface area contributed by atoms with Crippen LogP contribution in [0.25, 0.3) is 0 Å². The lowest BCUT2D eigenvalue weighted by molar-refractivity contribution is 0.446. The fourth-order valence-electron chi connectivity index (χ4n) is 8.77. The Morgan fingerprint density at radius 3 is 1.05 bits per heavy atom. The summed E-state index contributed by atoms with van der Waals surface area (Å²) in [5, 5.41) is 23.6. The molecule has 6 rings (SSSR count). The number of hydrogen-bond acceptors (Lipinski definition) is 2. The molecule has 0 aliphatic heterocycles. The molecule has 4 fully saturated rings. The van der Waals surface area contributed by atoms with E-state index in [9.17, 15) is 10.2 Å². The quantitative estimate of drug-likeness (QED) is 0.414. The number of aromatic hydroxyl groups is 2. The van der Waals surface area contributed by atoms with E-state index in [-0.39, 0.29) is 0 Å². The first-order valence-corrected chi connectivity index (χ1v) is 15.7. The average Bonchev–Trinajstić information content (AvgIpc) is 3.71. The molecule has 2 N–H and O–H groups in total. The van der Waals surface area contributed by atoms with E-state index < -0.39 is 0 Å². The van der Waals surface area contributed by atoms with Crippen molar-refractivity contribution in [3.05, 3.63) is 56.6 Å². The molecule has 0 heterocycles. The molecule has 4 aliphatic rings. The molecule has 4 aliphatic carbocycles. The van der Waals surface area contributed by atoms with E-state index in [1.807, 2.05) is 0 Å². The molecule has 0 spiro atoms. The van der Waals surface area contributed by atoms with Gasteiger partial charge in [-0.25, -0.2) is 0 Å². The predicted molar refractivity (Wildman–Crippen MR) is 153 cm³/mol. The molecular formula is C35H48O2. The topological polar surface area (TPSA) is 40.5 Å². The van der Waals surface area contributed by atoms with Crippen molar-refractivity contribution < 1.29 is 10.2 Å². The molecule has 2 heteroatoms. The summed E-state index contributed by atoms with van der Waals surface area (Å²) in [7, 11) is 0. The van der Waals surface area contributed by atoms with Gasteiger partial charge in [0, 0.05) is 17.5 Å². The Bertz CT molecular complexity index is 951. The van der Waals surface area contributed by atoms with Crippen molar-refractivity contribution in [3.8, 4) is 11.5 Å². The van der Waals surface area contributed by atoms with Crippen molar-refractivity contribution in [1.82, 2.24) is 0 Å². The Kier molecular flexibility index (Phi) is 7.30. The molecular weight excluding hydrogens is 452 g/mol. The van der Waals surface area contributed by atoms with Crippen LogP contribution in [-0.4, -0.2) is 10.2 Å². The molecule has 2 aromatic rings. The van der Waals surface area contributed by atoms with Crippen LogP contribution >= 0.6 is 0 Å². The van der Waals surface area contributed by atoms with Gasteiger partial charge >= 0.3 is 0 Å². The van der Waals surface area contributed by atoms with Gasteiger partial charge < -0.3 is 10.2 Å². The monoisotopic (exact) mass is 500 g/mol. The molecule has 2 nitrogen and oxygen atoms in total. The molecule has 0 bridgehead atoms. The maximum Gasteiger partial charge on any atom is 0.122 e. The fraction of sp³-hybridized carbons (Fsp3) is 0.657.